The molecular formula is C29H37N5O5. The summed E-state index contributed by atoms with van der Waals surface area (Å²) in [7, 11) is 4.70. The van der Waals surface area contributed by atoms with Crippen LogP contribution in [0.4, 0.5) is 17.5 Å². The molecule has 1 fully saturated rings. The average molecular weight is 536 g/mol. The van der Waals surface area contributed by atoms with E-state index in [0.29, 0.717) is 42.0 Å². The summed E-state index contributed by atoms with van der Waals surface area (Å²) < 4.78 is 22.0. The van der Waals surface area contributed by atoms with Gasteiger partial charge in [-0.25, -0.2) is 4.98 Å². The van der Waals surface area contributed by atoms with Crippen LogP contribution in [0.1, 0.15) is 32.3 Å². The maximum atomic E-state index is 13.0. The minimum Gasteiger partial charge on any atom is -0.493 e. The lowest BCUT2D eigenvalue weighted by Crippen LogP contribution is -2.43. The Bertz CT molecular complexity index is 1240. The first-order valence-electron chi connectivity index (χ1n) is 13.1. The van der Waals surface area contributed by atoms with E-state index in [-0.39, 0.29) is 17.9 Å². The third kappa shape index (κ3) is 7.22. The first-order chi connectivity index (χ1) is 18.9. The van der Waals surface area contributed by atoms with Gasteiger partial charge < -0.3 is 34.5 Å². The van der Waals surface area contributed by atoms with Crippen LogP contribution < -0.4 is 34.5 Å². The van der Waals surface area contributed by atoms with Crippen molar-refractivity contribution < 1.29 is 23.7 Å². The fourth-order valence-electron chi connectivity index (χ4n) is 4.60. The summed E-state index contributed by atoms with van der Waals surface area (Å²) in [6.45, 7) is 5.85. The Hall–Kier alpha value is -4.21. The highest BCUT2D eigenvalue weighted by molar-refractivity contribution is 5.79. The fraction of sp³-hybridized carbons (Fsp3) is 0.414. The number of piperidine rings is 1. The summed E-state index contributed by atoms with van der Waals surface area (Å²) in [5, 5.41) is 6.31. The van der Waals surface area contributed by atoms with Gasteiger partial charge in [0, 0.05) is 43.7 Å². The SMILES string of the molecule is COc1cc(Nc2nccc(N3CCC[C@H](C(=O)NCc4cccc(OC(C)C)c4)C3)n2)cc(OC)c1OC. The van der Waals surface area contributed by atoms with Gasteiger partial charge in [-0.2, -0.15) is 4.98 Å². The molecule has 10 heteroatoms. The number of ether oxygens (including phenoxy) is 4. The van der Waals surface area contributed by atoms with Crippen molar-refractivity contribution in [2.75, 3.05) is 44.6 Å². The second kappa shape index (κ2) is 13.0. The van der Waals surface area contributed by atoms with E-state index >= 15 is 0 Å². The van der Waals surface area contributed by atoms with Crippen LogP contribution in [0.15, 0.2) is 48.7 Å². The summed E-state index contributed by atoms with van der Waals surface area (Å²) in [6, 6.07) is 13.3. The third-order valence-electron chi connectivity index (χ3n) is 6.41. The molecule has 1 saturated heterocycles. The number of nitrogens with zero attached hydrogens (tertiary/aromatic N) is 3. The standard InChI is InChI=1S/C29H37N5O5/c1-19(2)39-23-10-6-8-20(14-23)17-31-28(35)21-9-7-13-34(18-21)26-11-12-30-29(33-26)32-22-15-24(36-3)27(38-5)25(16-22)37-4/h6,8,10-12,14-16,19,21H,7,9,13,17-18H2,1-5H3,(H,31,35)(H,30,32,33)/t21-/m0/s1. The van der Waals surface area contributed by atoms with Gasteiger partial charge in [-0.1, -0.05) is 12.1 Å². The minimum absolute atomic E-state index is 0.0414. The molecule has 0 unspecified atom stereocenters. The Balaban J connectivity index is 1.40. The van der Waals surface area contributed by atoms with Gasteiger partial charge in [0.05, 0.1) is 33.4 Å². The van der Waals surface area contributed by atoms with Gasteiger partial charge in [-0.3, -0.25) is 4.79 Å². The number of amides is 1. The average Bonchev–Trinajstić information content (AvgIpc) is 2.95. The van der Waals surface area contributed by atoms with Gasteiger partial charge in [0.15, 0.2) is 11.5 Å². The highest BCUT2D eigenvalue weighted by Gasteiger charge is 2.26. The molecule has 0 saturated carbocycles. The molecule has 0 spiro atoms. The van der Waals surface area contributed by atoms with Gasteiger partial charge >= 0.3 is 0 Å². The summed E-state index contributed by atoms with van der Waals surface area (Å²) in [6.07, 6.45) is 3.54. The number of anilines is 3. The van der Waals surface area contributed by atoms with Crippen LogP contribution in [0.5, 0.6) is 23.0 Å². The third-order valence-corrected chi connectivity index (χ3v) is 6.41. The Labute approximate surface area is 229 Å². The van der Waals surface area contributed by atoms with E-state index in [1.165, 1.54) is 0 Å². The van der Waals surface area contributed by atoms with Crippen molar-refractivity contribution in [3.8, 4) is 23.0 Å². The lowest BCUT2D eigenvalue weighted by Gasteiger charge is -2.33. The van der Waals surface area contributed by atoms with E-state index in [1.54, 1.807) is 39.7 Å². The van der Waals surface area contributed by atoms with E-state index in [9.17, 15) is 4.79 Å². The van der Waals surface area contributed by atoms with Gasteiger partial charge in [0.1, 0.15) is 11.6 Å². The highest BCUT2D eigenvalue weighted by atomic mass is 16.5. The predicted octanol–water partition coefficient (Wildman–Crippen LogP) is 4.57. The molecule has 208 valence electrons. The quantitative estimate of drug-likeness (QED) is 0.365. The molecule has 2 heterocycles. The van der Waals surface area contributed by atoms with Crippen LogP contribution in [0.3, 0.4) is 0 Å². The molecule has 1 atom stereocenters. The maximum absolute atomic E-state index is 13.0. The predicted molar refractivity (Wildman–Crippen MR) is 150 cm³/mol. The highest BCUT2D eigenvalue weighted by Crippen LogP contribution is 2.40. The van der Waals surface area contributed by atoms with Crippen molar-refractivity contribution in [1.29, 1.82) is 0 Å². The molecule has 0 bridgehead atoms. The van der Waals surface area contributed by atoms with E-state index in [4.69, 9.17) is 23.9 Å². The zero-order chi connectivity index (χ0) is 27.8. The van der Waals surface area contributed by atoms with Crippen molar-refractivity contribution >= 4 is 23.4 Å². The van der Waals surface area contributed by atoms with E-state index in [2.05, 4.69) is 20.5 Å². The van der Waals surface area contributed by atoms with Crippen LogP contribution in [0.25, 0.3) is 0 Å². The molecule has 3 aromatic rings. The van der Waals surface area contributed by atoms with Gasteiger partial charge in [0.2, 0.25) is 17.6 Å². The Kier molecular flexibility index (Phi) is 9.30. The van der Waals surface area contributed by atoms with E-state index < -0.39 is 0 Å². The Morgan fingerprint density at radius 3 is 2.54 bits per heavy atom. The molecule has 2 aromatic carbocycles. The van der Waals surface area contributed by atoms with Crippen molar-refractivity contribution in [1.82, 2.24) is 15.3 Å². The lowest BCUT2D eigenvalue weighted by atomic mass is 9.97. The number of rotatable bonds is 11. The smallest absolute Gasteiger partial charge is 0.229 e. The number of aromatic nitrogens is 2. The van der Waals surface area contributed by atoms with Crippen molar-refractivity contribution in [2.24, 2.45) is 5.92 Å². The number of benzene rings is 2. The van der Waals surface area contributed by atoms with Crippen molar-refractivity contribution in [3.63, 3.8) is 0 Å². The molecule has 2 N–H and O–H groups in total. The second-order valence-electron chi connectivity index (χ2n) is 9.59. The number of hydrogen-bond acceptors (Lipinski definition) is 9. The monoisotopic (exact) mass is 535 g/mol. The second-order valence-corrected chi connectivity index (χ2v) is 9.59. The minimum atomic E-state index is -0.129. The van der Waals surface area contributed by atoms with E-state index in [0.717, 1.165) is 36.5 Å². The molecule has 10 nitrogen and oxygen atoms in total. The number of carbonyl (C=O) groups is 1. The molecule has 39 heavy (non-hydrogen) atoms. The van der Waals surface area contributed by atoms with Crippen LogP contribution in [-0.2, 0) is 11.3 Å². The molecule has 1 amide bonds. The molecule has 1 aliphatic rings. The van der Waals surface area contributed by atoms with Gasteiger partial charge in [-0.05, 0) is 50.5 Å². The first-order valence-corrected chi connectivity index (χ1v) is 13.1. The molecule has 1 aliphatic heterocycles. The van der Waals surface area contributed by atoms with Crippen molar-refractivity contribution in [3.05, 3.63) is 54.2 Å². The topological polar surface area (TPSA) is 107 Å². The Morgan fingerprint density at radius 2 is 1.85 bits per heavy atom. The fourth-order valence-corrected chi connectivity index (χ4v) is 4.60. The molecule has 0 aliphatic carbocycles. The lowest BCUT2D eigenvalue weighted by molar-refractivity contribution is -0.125. The molecule has 0 radical (unpaired) electrons. The Morgan fingerprint density at radius 1 is 1.08 bits per heavy atom. The van der Waals surface area contributed by atoms with Gasteiger partial charge in [-0.15, -0.1) is 0 Å². The van der Waals surface area contributed by atoms with Crippen LogP contribution >= 0.6 is 0 Å². The number of hydrogen-bond donors (Lipinski definition) is 2. The van der Waals surface area contributed by atoms with Crippen LogP contribution in [-0.4, -0.2) is 56.4 Å². The molecule has 4 rings (SSSR count). The van der Waals surface area contributed by atoms with E-state index in [1.807, 2.05) is 44.2 Å². The normalized spacial score (nSPS) is 15.0. The molecule has 1 aromatic heterocycles. The largest absolute Gasteiger partial charge is 0.493 e. The summed E-state index contributed by atoms with van der Waals surface area (Å²) in [5.41, 5.74) is 1.70. The first kappa shape index (κ1) is 27.8. The summed E-state index contributed by atoms with van der Waals surface area (Å²) in [5.74, 6) is 3.47. The summed E-state index contributed by atoms with van der Waals surface area (Å²) in [4.78, 5) is 24.3. The molecular weight excluding hydrogens is 498 g/mol. The zero-order valence-corrected chi connectivity index (χ0v) is 23.2. The van der Waals surface area contributed by atoms with Crippen LogP contribution in [0.2, 0.25) is 0 Å². The van der Waals surface area contributed by atoms with Crippen molar-refractivity contribution in [2.45, 2.75) is 39.3 Å². The van der Waals surface area contributed by atoms with Gasteiger partial charge in [0.25, 0.3) is 0 Å². The summed E-state index contributed by atoms with van der Waals surface area (Å²) >= 11 is 0. The number of methoxy groups -OCH3 is 3. The number of nitrogens with one attached hydrogen (secondary N) is 2. The maximum Gasteiger partial charge on any atom is 0.229 e. The zero-order valence-electron chi connectivity index (χ0n) is 23.2. The number of carbonyl (C=O) groups excluding carboxylic acids is 1. The van der Waals surface area contributed by atoms with Crippen LogP contribution in [0, 0.1) is 5.92 Å².